The van der Waals surface area contributed by atoms with Crippen molar-refractivity contribution in [3.63, 3.8) is 0 Å². The van der Waals surface area contributed by atoms with Crippen LogP contribution in [0.15, 0.2) is 36.5 Å². The number of rotatable bonds is 51. The first kappa shape index (κ1) is 63.7. The highest BCUT2D eigenvalue weighted by atomic mass is 31.2. The molecule has 0 spiro atoms. The molecule has 0 rings (SSSR count). The van der Waals surface area contributed by atoms with E-state index in [2.05, 4.69) is 43.5 Å². The van der Waals surface area contributed by atoms with Crippen molar-refractivity contribution in [3.05, 3.63) is 36.5 Å². The van der Waals surface area contributed by atoms with Gasteiger partial charge in [-0.15, -0.1) is 0 Å². The second-order valence-electron chi connectivity index (χ2n) is 20.3. The molecule has 0 saturated heterocycles. The number of aliphatic hydroxyl groups excluding tert-OH is 1. The molecule has 2 N–H and O–H groups in total. The quantitative estimate of drug-likeness (QED) is 0.0272. The number of allylic oxidation sites excluding steroid dienone is 5. The molecule has 0 fully saturated rings. The average molecular weight is 937 g/mol. The van der Waals surface area contributed by atoms with Crippen LogP contribution < -0.4 is 10.2 Å². The van der Waals surface area contributed by atoms with Crippen LogP contribution >= 0.6 is 7.82 Å². The topological polar surface area (TPSA) is 108 Å². The molecule has 0 aromatic rings. The number of phosphoric ester groups is 1. The van der Waals surface area contributed by atoms with Crippen molar-refractivity contribution in [1.29, 1.82) is 0 Å². The Labute approximate surface area is 404 Å². The Morgan fingerprint density at radius 2 is 0.892 bits per heavy atom. The average Bonchev–Trinajstić information content (AvgIpc) is 3.26. The maximum atomic E-state index is 12.9. The van der Waals surface area contributed by atoms with E-state index in [0.29, 0.717) is 17.4 Å². The van der Waals surface area contributed by atoms with Crippen LogP contribution in [0.2, 0.25) is 0 Å². The molecule has 0 bridgehead atoms. The van der Waals surface area contributed by atoms with Crippen molar-refractivity contribution in [2.75, 3.05) is 40.9 Å². The number of amides is 1. The minimum absolute atomic E-state index is 0.00151. The fraction of sp³-hybridized carbons (Fsp3) is 0.875. The van der Waals surface area contributed by atoms with Crippen LogP contribution in [0.3, 0.4) is 0 Å². The SMILES string of the molecule is CCCCCCC/C=C\C/C=C\CCCCCCCCCCCC(=O)NC(COP(=O)([O-])OCC[N+](C)(C)C)C(O)/C=C/CCCCCCCCCCCCCCCCCCCCCC. The molecule has 1 amide bonds. The predicted molar refractivity (Wildman–Crippen MR) is 279 cm³/mol. The third-order valence-electron chi connectivity index (χ3n) is 12.6. The first-order chi connectivity index (χ1) is 31.5. The van der Waals surface area contributed by atoms with Crippen LogP contribution in [0.4, 0.5) is 0 Å². The Balaban J connectivity index is 4.26. The molecule has 9 heteroatoms. The number of phosphoric acid groups is 1. The van der Waals surface area contributed by atoms with Gasteiger partial charge in [0.1, 0.15) is 13.2 Å². The number of carbonyl (C=O) groups is 1. The number of unbranched alkanes of at least 4 members (excludes halogenated alkanes) is 34. The summed E-state index contributed by atoms with van der Waals surface area (Å²) in [6, 6.07) is -0.889. The molecule has 0 saturated carbocycles. The lowest BCUT2D eigenvalue weighted by Gasteiger charge is -2.29. The minimum Gasteiger partial charge on any atom is -0.756 e. The molecular weight excluding hydrogens is 828 g/mol. The van der Waals surface area contributed by atoms with Crippen LogP contribution in [0.5, 0.6) is 0 Å². The van der Waals surface area contributed by atoms with E-state index in [9.17, 15) is 19.4 Å². The minimum atomic E-state index is -4.60. The molecule has 3 atom stereocenters. The van der Waals surface area contributed by atoms with Gasteiger partial charge in [-0.3, -0.25) is 9.36 Å². The molecule has 65 heavy (non-hydrogen) atoms. The largest absolute Gasteiger partial charge is 0.756 e. The standard InChI is InChI=1S/C56H109N2O6P/c1-6-8-10-12-14-16-18-20-22-24-26-28-30-31-33-35-37-39-41-43-45-47-49-55(59)54(53-64-65(61,62)63-52-51-58(3,4)5)57-56(60)50-48-46-44-42-40-38-36-34-32-29-27-25-23-21-19-17-15-13-11-9-7-2/h19,21,25,27,47,49,54-55,59H,6-18,20,22-24,26,28-46,48,50-53H2,1-5H3,(H-,57,60,61,62)/b21-19-,27-25-,49-47+. The summed E-state index contributed by atoms with van der Waals surface area (Å²) in [6.45, 7) is 4.66. The van der Waals surface area contributed by atoms with E-state index >= 15 is 0 Å². The van der Waals surface area contributed by atoms with E-state index in [4.69, 9.17) is 9.05 Å². The first-order valence-corrected chi connectivity index (χ1v) is 29.3. The Bertz CT molecular complexity index is 1150. The Hall–Kier alpha value is -1.28. The van der Waals surface area contributed by atoms with Gasteiger partial charge in [0.25, 0.3) is 7.82 Å². The van der Waals surface area contributed by atoms with Gasteiger partial charge in [-0.05, 0) is 51.4 Å². The van der Waals surface area contributed by atoms with Crippen LogP contribution in [0.25, 0.3) is 0 Å². The lowest BCUT2D eigenvalue weighted by Crippen LogP contribution is -2.45. The van der Waals surface area contributed by atoms with Crippen LogP contribution in [0, 0.1) is 0 Å². The zero-order chi connectivity index (χ0) is 47.8. The number of nitrogens with one attached hydrogen (secondary N) is 1. The van der Waals surface area contributed by atoms with Gasteiger partial charge in [0, 0.05) is 6.42 Å². The van der Waals surface area contributed by atoms with E-state index < -0.39 is 20.0 Å². The molecule has 0 aromatic carbocycles. The highest BCUT2D eigenvalue weighted by Gasteiger charge is 2.23. The van der Waals surface area contributed by atoms with Gasteiger partial charge in [0.05, 0.1) is 39.9 Å². The van der Waals surface area contributed by atoms with E-state index in [-0.39, 0.29) is 19.1 Å². The van der Waals surface area contributed by atoms with Gasteiger partial charge in [-0.2, -0.15) is 0 Å². The number of quaternary nitrogens is 1. The molecule has 0 aliphatic carbocycles. The fourth-order valence-electron chi connectivity index (χ4n) is 8.18. The van der Waals surface area contributed by atoms with Gasteiger partial charge < -0.3 is 28.8 Å². The van der Waals surface area contributed by atoms with Gasteiger partial charge >= 0.3 is 0 Å². The Morgan fingerprint density at radius 3 is 1.28 bits per heavy atom. The number of hydrogen-bond donors (Lipinski definition) is 2. The normalized spacial score (nSPS) is 14.3. The van der Waals surface area contributed by atoms with Gasteiger partial charge in [-0.1, -0.05) is 243 Å². The van der Waals surface area contributed by atoms with E-state index in [1.165, 1.54) is 199 Å². The number of hydrogen-bond acceptors (Lipinski definition) is 6. The van der Waals surface area contributed by atoms with E-state index in [0.717, 1.165) is 44.9 Å². The number of aliphatic hydroxyl groups is 1. The summed E-state index contributed by atoms with van der Waals surface area (Å²) < 4.78 is 23.3. The number of carbonyl (C=O) groups excluding carboxylic acids is 1. The van der Waals surface area contributed by atoms with Crippen molar-refractivity contribution in [1.82, 2.24) is 5.32 Å². The van der Waals surface area contributed by atoms with Crippen LogP contribution in [-0.4, -0.2) is 68.5 Å². The van der Waals surface area contributed by atoms with Crippen LogP contribution in [-0.2, 0) is 18.4 Å². The van der Waals surface area contributed by atoms with Crippen molar-refractivity contribution in [2.24, 2.45) is 0 Å². The van der Waals surface area contributed by atoms with E-state index in [1.54, 1.807) is 6.08 Å². The maximum Gasteiger partial charge on any atom is 0.268 e. The molecule has 384 valence electrons. The number of nitrogens with zero attached hydrogens (tertiary/aromatic N) is 1. The lowest BCUT2D eigenvalue weighted by atomic mass is 10.0. The molecule has 3 unspecified atom stereocenters. The summed E-state index contributed by atoms with van der Waals surface area (Å²) in [4.78, 5) is 25.5. The maximum absolute atomic E-state index is 12.9. The zero-order valence-corrected chi connectivity index (χ0v) is 44.6. The second kappa shape index (κ2) is 47.8. The summed E-state index contributed by atoms with van der Waals surface area (Å²) in [5.74, 6) is -0.199. The van der Waals surface area contributed by atoms with Crippen molar-refractivity contribution in [2.45, 2.75) is 276 Å². The van der Waals surface area contributed by atoms with Crippen molar-refractivity contribution in [3.8, 4) is 0 Å². The van der Waals surface area contributed by atoms with E-state index in [1.807, 2.05) is 27.2 Å². The van der Waals surface area contributed by atoms with Crippen LogP contribution in [0.1, 0.15) is 264 Å². The molecule has 0 aromatic heterocycles. The summed E-state index contributed by atoms with van der Waals surface area (Å²) in [5, 5.41) is 13.9. The highest BCUT2D eigenvalue weighted by Crippen LogP contribution is 2.38. The zero-order valence-electron chi connectivity index (χ0n) is 43.7. The van der Waals surface area contributed by atoms with Gasteiger partial charge in [-0.25, -0.2) is 0 Å². The van der Waals surface area contributed by atoms with Gasteiger partial charge in [0.2, 0.25) is 5.91 Å². The monoisotopic (exact) mass is 937 g/mol. The molecule has 0 radical (unpaired) electrons. The summed E-state index contributed by atoms with van der Waals surface area (Å²) in [6.07, 6.45) is 60.6. The summed E-state index contributed by atoms with van der Waals surface area (Å²) in [5.41, 5.74) is 0. The second-order valence-corrected chi connectivity index (χ2v) is 21.7. The molecular formula is C56H109N2O6P. The molecule has 0 aliphatic heterocycles. The highest BCUT2D eigenvalue weighted by molar-refractivity contribution is 7.45. The van der Waals surface area contributed by atoms with Gasteiger partial charge in [0.15, 0.2) is 0 Å². The fourth-order valence-corrected chi connectivity index (χ4v) is 8.91. The third kappa shape index (κ3) is 50.4. The first-order valence-electron chi connectivity index (χ1n) is 27.9. The molecule has 0 heterocycles. The number of likely N-dealkylation sites (N-methyl/N-ethyl adjacent to an activating group) is 1. The summed E-state index contributed by atoms with van der Waals surface area (Å²) in [7, 11) is 1.26. The van der Waals surface area contributed by atoms with Crippen molar-refractivity contribution < 1.29 is 32.9 Å². The third-order valence-corrected chi connectivity index (χ3v) is 13.6. The molecule has 8 nitrogen and oxygen atoms in total. The molecule has 0 aliphatic rings. The smallest absolute Gasteiger partial charge is 0.268 e. The van der Waals surface area contributed by atoms with Crippen molar-refractivity contribution >= 4 is 13.7 Å². The summed E-state index contributed by atoms with van der Waals surface area (Å²) >= 11 is 0. The Kier molecular flexibility index (Phi) is 46.8. The Morgan fingerprint density at radius 1 is 0.538 bits per heavy atom. The predicted octanol–water partition coefficient (Wildman–Crippen LogP) is 16.0. The lowest BCUT2D eigenvalue weighted by molar-refractivity contribution is -0.870.